The third-order valence-corrected chi connectivity index (χ3v) is 7.32. The van der Waals surface area contributed by atoms with Crippen molar-refractivity contribution in [2.24, 2.45) is 11.5 Å². The Kier molecular flexibility index (Phi) is 10.6. The molecule has 13 heteroatoms. The quantitative estimate of drug-likeness (QED) is 0.472. The van der Waals surface area contributed by atoms with Crippen molar-refractivity contribution in [2.45, 2.75) is 51.1 Å². The smallest absolute Gasteiger partial charge is 0.338 e. The van der Waals surface area contributed by atoms with E-state index in [1.165, 1.54) is 22.9 Å². The van der Waals surface area contributed by atoms with Gasteiger partial charge in [-0.15, -0.1) is 12.4 Å². The minimum Gasteiger partial charge on any atom is -0.338 e. The van der Waals surface area contributed by atoms with Crippen molar-refractivity contribution in [3.63, 3.8) is 0 Å². The van der Waals surface area contributed by atoms with Gasteiger partial charge in [-0.3, -0.25) is 14.7 Å². The first-order valence-corrected chi connectivity index (χ1v) is 13.5. The highest BCUT2D eigenvalue weighted by Crippen LogP contribution is 2.16. The summed E-state index contributed by atoms with van der Waals surface area (Å²) in [6, 6.07) is 6.05. The van der Waals surface area contributed by atoms with Crippen molar-refractivity contribution in [1.82, 2.24) is 24.3 Å². The fourth-order valence-corrected chi connectivity index (χ4v) is 4.95. The van der Waals surface area contributed by atoms with Crippen molar-refractivity contribution >= 4 is 30.2 Å². The molecule has 5 N–H and O–H groups in total. The first-order chi connectivity index (χ1) is 18.5. The number of aromatic nitrogens is 2. The van der Waals surface area contributed by atoms with Crippen molar-refractivity contribution in [2.75, 3.05) is 51.1 Å². The van der Waals surface area contributed by atoms with E-state index in [1.54, 1.807) is 35.8 Å². The zero-order valence-electron chi connectivity index (χ0n) is 23.1. The number of piperazine rings is 1. The van der Waals surface area contributed by atoms with Gasteiger partial charge >= 0.3 is 11.7 Å². The fraction of sp³-hybridized carbons (Fsp3) is 0.556. The summed E-state index contributed by atoms with van der Waals surface area (Å²) in [5, 5.41) is 2.63. The van der Waals surface area contributed by atoms with E-state index in [4.69, 9.17) is 11.5 Å². The summed E-state index contributed by atoms with van der Waals surface area (Å²) in [4.78, 5) is 47.2. The summed E-state index contributed by atoms with van der Waals surface area (Å²) in [6.45, 7) is 7.37. The molecule has 40 heavy (non-hydrogen) atoms. The molecule has 1 aromatic carbocycles. The van der Waals surface area contributed by atoms with Crippen molar-refractivity contribution in [3.05, 3.63) is 52.3 Å². The molecule has 1 atom stereocenters. The molecule has 220 valence electrons. The summed E-state index contributed by atoms with van der Waals surface area (Å²) < 4.78 is 16.1. The van der Waals surface area contributed by atoms with Crippen molar-refractivity contribution < 1.29 is 14.0 Å². The third kappa shape index (κ3) is 8.00. The average Bonchev–Trinajstić information content (AvgIpc) is 3.11. The molecule has 0 spiro atoms. The Hall–Kier alpha value is -3.06. The van der Waals surface area contributed by atoms with Crippen LogP contribution in [0.1, 0.15) is 38.7 Å². The Morgan fingerprint density at radius 3 is 2.42 bits per heavy atom. The molecule has 1 aromatic heterocycles. The standard InChI is InChI=1S/C27H39FN8O3.ClH/c1-27(2,30)24(37)34-14-16-35(17-15-34)25(38)31-23-9-13-36(26(39)32-23)21-6-5-19(22(28)18-21)7-11-33-10-3-4-20(29)8-12-33;/h5-6,9,13,18,20H,3-4,7-8,10-12,14-17,29-30H2,1-2H3,(H,31,32,38,39);1H. The normalized spacial score (nSPS) is 18.6. The molecule has 2 fully saturated rings. The number of nitrogens with zero attached hydrogens (tertiary/aromatic N) is 5. The summed E-state index contributed by atoms with van der Waals surface area (Å²) in [5.41, 5.74) is 11.3. The monoisotopic (exact) mass is 578 g/mol. The summed E-state index contributed by atoms with van der Waals surface area (Å²) >= 11 is 0. The third-order valence-electron chi connectivity index (χ3n) is 7.32. The van der Waals surface area contributed by atoms with Crippen LogP contribution in [0.3, 0.4) is 0 Å². The van der Waals surface area contributed by atoms with Gasteiger partial charge in [0.15, 0.2) is 0 Å². The van der Waals surface area contributed by atoms with E-state index in [9.17, 15) is 18.8 Å². The Balaban J connectivity index is 0.00000441. The number of halogens is 2. The zero-order chi connectivity index (χ0) is 28.2. The predicted molar refractivity (Wildman–Crippen MR) is 154 cm³/mol. The number of urea groups is 1. The van der Waals surface area contributed by atoms with E-state index < -0.39 is 17.3 Å². The lowest BCUT2D eigenvalue weighted by Crippen LogP contribution is -2.58. The minimum atomic E-state index is -0.969. The summed E-state index contributed by atoms with van der Waals surface area (Å²) in [7, 11) is 0. The predicted octanol–water partition coefficient (Wildman–Crippen LogP) is 1.56. The topological polar surface area (TPSA) is 143 Å². The maximum atomic E-state index is 14.9. The minimum absolute atomic E-state index is 0. The molecule has 3 amide bonds. The molecule has 0 saturated carbocycles. The second-order valence-corrected chi connectivity index (χ2v) is 11.0. The molecule has 11 nitrogen and oxygen atoms in total. The second kappa shape index (κ2) is 13.5. The fourth-order valence-electron chi connectivity index (χ4n) is 4.95. The van der Waals surface area contributed by atoms with Crippen LogP contribution >= 0.6 is 12.4 Å². The molecular formula is C27H40ClFN8O3. The summed E-state index contributed by atoms with van der Waals surface area (Å²) in [6.07, 6.45) is 5.07. The van der Waals surface area contributed by atoms with Crippen LogP contribution in [0.4, 0.5) is 15.0 Å². The Morgan fingerprint density at radius 1 is 1.07 bits per heavy atom. The highest BCUT2D eigenvalue weighted by atomic mass is 35.5. The molecule has 0 aliphatic carbocycles. The van der Waals surface area contributed by atoms with Gasteiger partial charge in [-0.1, -0.05) is 6.07 Å². The molecule has 2 aliphatic heterocycles. The largest absolute Gasteiger partial charge is 0.354 e. The van der Waals surface area contributed by atoms with Crippen molar-refractivity contribution in [3.8, 4) is 5.69 Å². The molecule has 0 bridgehead atoms. The van der Waals surface area contributed by atoms with Crippen LogP contribution in [-0.4, -0.2) is 93.6 Å². The molecule has 2 saturated heterocycles. The van der Waals surface area contributed by atoms with Crippen LogP contribution in [0.5, 0.6) is 0 Å². The van der Waals surface area contributed by atoms with Gasteiger partial charge in [0.2, 0.25) is 5.91 Å². The van der Waals surface area contributed by atoms with Gasteiger partial charge in [0.25, 0.3) is 0 Å². The number of likely N-dealkylation sites (tertiary alicyclic amines) is 1. The Bertz CT molecular complexity index is 1240. The first kappa shape index (κ1) is 31.5. The molecular weight excluding hydrogens is 539 g/mol. The number of anilines is 1. The van der Waals surface area contributed by atoms with Gasteiger partial charge in [-0.2, -0.15) is 4.98 Å². The SMILES string of the molecule is CC(C)(N)C(=O)N1CCN(C(=O)Nc2ccn(-c3ccc(CCN4CCCC(N)CC4)c(F)c3)c(=O)n2)CC1.Cl. The Morgan fingerprint density at radius 2 is 1.77 bits per heavy atom. The lowest BCUT2D eigenvalue weighted by Gasteiger charge is -2.37. The number of hydrogen-bond acceptors (Lipinski definition) is 7. The van der Waals surface area contributed by atoms with Gasteiger partial charge in [-0.25, -0.2) is 14.0 Å². The first-order valence-electron chi connectivity index (χ1n) is 13.5. The van der Waals surface area contributed by atoms with Crippen LogP contribution in [0.2, 0.25) is 0 Å². The molecule has 3 heterocycles. The van der Waals surface area contributed by atoms with Gasteiger partial charge in [0, 0.05) is 45.0 Å². The van der Waals surface area contributed by atoms with E-state index in [-0.39, 0.29) is 36.0 Å². The van der Waals surface area contributed by atoms with E-state index in [2.05, 4.69) is 15.2 Å². The van der Waals surface area contributed by atoms with E-state index in [0.717, 1.165) is 38.9 Å². The molecule has 4 rings (SSSR count). The molecule has 1 unspecified atom stereocenters. The van der Waals surface area contributed by atoms with Crippen LogP contribution < -0.4 is 22.5 Å². The van der Waals surface area contributed by atoms with E-state index in [1.807, 2.05) is 0 Å². The second-order valence-electron chi connectivity index (χ2n) is 11.0. The number of carbonyl (C=O) groups is 2. The molecule has 2 aliphatic rings. The number of nitrogens with two attached hydrogens (primary N) is 2. The number of benzene rings is 1. The lowest BCUT2D eigenvalue weighted by molar-refractivity contribution is -0.137. The zero-order valence-corrected chi connectivity index (χ0v) is 24.0. The maximum Gasteiger partial charge on any atom is 0.354 e. The van der Waals surface area contributed by atoms with Crippen LogP contribution in [0.15, 0.2) is 35.3 Å². The lowest BCUT2D eigenvalue weighted by atomic mass is 10.1. The number of hydrogen-bond donors (Lipinski definition) is 3. The van der Waals surface area contributed by atoms with Crippen molar-refractivity contribution in [1.29, 1.82) is 0 Å². The van der Waals surface area contributed by atoms with Crippen LogP contribution in [0.25, 0.3) is 5.69 Å². The van der Waals surface area contributed by atoms with E-state index in [0.29, 0.717) is 43.9 Å². The van der Waals surface area contributed by atoms with E-state index >= 15 is 0 Å². The van der Waals surface area contributed by atoms with Gasteiger partial charge < -0.3 is 26.2 Å². The number of amides is 3. The average molecular weight is 579 g/mol. The van der Waals surface area contributed by atoms with Gasteiger partial charge in [0.1, 0.15) is 11.6 Å². The van der Waals surface area contributed by atoms with Gasteiger partial charge in [-0.05, 0) is 76.4 Å². The highest BCUT2D eigenvalue weighted by molar-refractivity contribution is 5.89. The number of rotatable bonds is 6. The van der Waals surface area contributed by atoms with Crippen LogP contribution in [0, 0.1) is 5.82 Å². The number of carbonyl (C=O) groups excluding carboxylic acids is 2. The number of nitrogens with one attached hydrogen (secondary N) is 1. The Labute approximate surface area is 240 Å². The maximum absolute atomic E-state index is 14.9. The highest BCUT2D eigenvalue weighted by Gasteiger charge is 2.31. The van der Waals surface area contributed by atoms with Crippen LogP contribution in [-0.2, 0) is 11.2 Å². The summed E-state index contributed by atoms with van der Waals surface area (Å²) in [5.74, 6) is -0.448. The molecule has 2 aromatic rings. The van der Waals surface area contributed by atoms with Gasteiger partial charge in [0.05, 0.1) is 11.2 Å². The molecule has 0 radical (unpaired) electrons.